The topological polar surface area (TPSA) is 15.8 Å². The minimum atomic E-state index is 1.02. The second kappa shape index (κ2) is 7.27. The van der Waals surface area contributed by atoms with Gasteiger partial charge < -0.3 is 4.98 Å². The number of allylic oxidation sites excluding steroid dienone is 6. The molecule has 0 bridgehead atoms. The number of aromatic nitrogens is 1. The molecule has 0 amide bonds. The molecule has 1 aliphatic rings. The van der Waals surface area contributed by atoms with E-state index in [0.29, 0.717) is 0 Å². The third-order valence-corrected chi connectivity index (χ3v) is 5.44. The first-order chi connectivity index (χ1) is 12.7. The highest BCUT2D eigenvalue weighted by Gasteiger charge is 2.11. The first kappa shape index (κ1) is 16.7. The van der Waals surface area contributed by atoms with Crippen LogP contribution >= 0.6 is 11.8 Å². The molecule has 0 saturated heterocycles. The predicted molar refractivity (Wildman–Crippen MR) is 117 cm³/mol. The van der Waals surface area contributed by atoms with Crippen molar-refractivity contribution >= 4 is 39.1 Å². The Balaban J connectivity index is 1.82. The zero-order valence-corrected chi connectivity index (χ0v) is 15.5. The monoisotopic (exact) mass is 355 g/mol. The fraction of sp³-hybridized carbons (Fsp3) is 0.0833. The van der Waals surface area contributed by atoms with Crippen molar-refractivity contribution in [3.63, 3.8) is 0 Å². The average molecular weight is 356 g/mol. The molecule has 1 aromatic heterocycles. The van der Waals surface area contributed by atoms with Gasteiger partial charge in [0.15, 0.2) is 0 Å². The molecule has 1 N–H and O–H groups in total. The Morgan fingerprint density at radius 3 is 2.62 bits per heavy atom. The van der Waals surface area contributed by atoms with E-state index in [1.807, 2.05) is 0 Å². The third-order valence-electron chi connectivity index (χ3n) is 4.57. The number of thioether (sulfide) groups is 1. The lowest BCUT2D eigenvalue weighted by atomic mass is 10.0. The summed E-state index contributed by atoms with van der Waals surface area (Å²) >= 11 is 1.64. The van der Waals surface area contributed by atoms with Gasteiger partial charge in [-0.3, -0.25) is 0 Å². The number of rotatable bonds is 1. The van der Waals surface area contributed by atoms with Gasteiger partial charge >= 0.3 is 0 Å². The maximum atomic E-state index is 4.32. The van der Waals surface area contributed by atoms with Gasteiger partial charge in [0.2, 0.25) is 0 Å². The fourth-order valence-corrected chi connectivity index (χ4v) is 4.06. The van der Waals surface area contributed by atoms with Crippen LogP contribution in [0.15, 0.2) is 95.8 Å². The van der Waals surface area contributed by atoms with E-state index in [2.05, 4.69) is 91.0 Å². The molecule has 0 fully saturated rings. The summed E-state index contributed by atoms with van der Waals surface area (Å²) in [5.41, 5.74) is 4.66. The molecule has 0 saturated carbocycles. The Morgan fingerprint density at radius 1 is 0.885 bits per heavy atom. The van der Waals surface area contributed by atoms with E-state index in [1.165, 1.54) is 21.9 Å². The van der Waals surface area contributed by atoms with Crippen molar-refractivity contribution in [3.8, 4) is 0 Å². The van der Waals surface area contributed by atoms with E-state index in [1.54, 1.807) is 11.8 Å². The summed E-state index contributed by atoms with van der Waals surface area (Å²) in [6.45, 7) is 8.46. The van der Waals surface area contributed by atoms with Crippen LogP contribution in [-0.4, -0.2) is 4.98 Å². The van der Waals surface area contributed by atoms with Crippen LogP contribution in [0.1, 0.15) is 18.4 Å². The van der Waals surface area contributed by atoms with Crippen LogP contribution in [0.2, 0.25) is 0 Å². The molecule has 0 atom stereocenters. The molecule has 3 aromatic rings. The SMILES string of the molecule is C=C1/C=C\CC/C=C\C=C(\c2ccc3[nH]c4ccccc4c3c2)C(=C)S1. The summed E-state index contributed by atoms with van der Waals surface area (Å²) in [5, 5.41) is 2.50. The van der Waals surface area contributed by atoms with Gasteiger partial charge in [-0.2, -0.15) is 0 Å². The first-order valence-electron chi connectivity index (χ1n) is 8.82. The van der Waals surface area contributed by atoms with Crippen LogP contribution in [0.25, 0.3) is 27.4 Å². The molecule has 2 aromatic carbocycles. The van der Waals surface area contributed by atoms with Crippen molar-refractivity contribution in [2.75, 3.05) is 0 Å². The van der Waals surface area contributed by atoms with E-state index in [0.717, 1.165) is 33.7 Å². The van der Waals surface area contributed by atoms with E-state index in [-0.39, 0.29) is 0 Å². The van der Waals surface area contributed by atoms with Gasteiger partial charge in [0.05, 0.1) is 0 Å². The quantitative estimate of drug-likeness (QED) is 0.482. The van der Waals surface area contributed by atoms with Crippen LogP contribution in [0.3, 0.4) is 0 Å². The molecule has 0 unspecified atom stereocenters. The van der Waals surface area contributed by atoms with Gasteiger partial charge in [0.25, 0.3) is 0 Å². The fourth-order valence-electron chi connectivity index (χ4n) is 3.28. The highest BCUT2D eigenvalue weighted by atomic mass is 32.2. The molecule has 0 spiro atoms. The maximum Gasteiger partial charge on any atom is 0.0465 e. The standard InChI is InChI=1S/C24H21NS/c1-17-10-6-4-3-5-7-11-20(18(2)26-17)19-14-15-24-22(16-19)21-12-8-9-13-23(21)25-24/h5-16,25H,1-4H2/b7-5-,10-6-,20-11+. The number of benzene rings is 2. The van der Waals surface area contributed by atoms with Crippen molar-refractivity contribution in [2.24, 2.45) is 0 Å². The Bertz CT molecular complexity index is 1090. The van der Waals surface area contributed by atoms with Gasteiger partial charge in [-0.25, -0.2) is 0 Å². The van der Waals surface area contributed by atoms with Gasteiger partial charge in [-0.05, 0) is 42.2 Å². The summed E-state index contributed by atoms with van der Waals surface area (Å²) < 4.78 is 0. The minimum absolute atomic E-state index is 1.02. The summed E-state index contributed by atoms with van der Waals surface area (Å²) in [7, 11) is 0. The highest BCUT2D eigenvalue weighted by molar-refractivity contribution is 8.07. The second-order valence-corrected chi connectivity index (χ2v) is 7.63. The van der Waals surface area contributed by atoms with Gasteiger partial charge in [-0.15, -0.1) is 0 Å². The van der Waals surface area contributed by atoms with Gasteiger partial charge in [0, 0.05) is 31.6 Å². The molecule has 1 aliphatic heterocycles. The summed E-state index contributed by atoms with van der Waals surface area (Å²) in [5.74, 6) is 0. The second-order valence-electron chi connectivity index (χ2n) is 6.41. The number of hydrogen-bond acceptors (Lipinski definition) is 1. The lowest BCUT2D eigenvalue weighted by molar-refractivity contribution is 1.05. The van der Waals surface area contributed by atoms with Crippen LogP contribution < -0.4 is 0 Å². The van der Waals surface area contributed by atoms with Crippen molar-refractivity contribution < 1.29 is 0 Å². The van der Waals surface area contributed by atoms with Gasteiger partial charge in [-0.1, -0.05) is 79.6 Å². The smallest absolute Gasteiger partial charge is 0.0465 e. The average Bonchev–Trinajstić information content (AvgIpc) is 3.00. The largest absolute Gasteiger partial charge is 0.355 e. The lowest BCUT2D eigenvalue weighted by Crippen LogP contribution is -1.87. The Morgan fingerprint density at radius 2 is 1.69 bits per heavy atom. The summed E-state index contributed by atoms with van der Waals surface area (Å²) in [6.07, 6.45) is 12.9. The molecule has 2 heteroatoms. The van der Waals surface area contributed by atoms with E-state index in [4.69, 9.17) is 0 Å². The molecule has 128 valence electrons. The normalized spacial score (nSPS) is 20.5. The Hall–Kier alpha value is -2.71. The first-order valence-corrected chi connectivity index (χ1v) is 9.64. The molecule has 26 heavy (non-hydrogen) atoms. The molecule has 0 aliphatic carbocycles. The molecular weight excluding hydrogens is 334 g/mol. The van der Waals surface area contributed by atoms with E-state index in [9.17, 15) is 0 Å². The summed E-state index contributed by atoms with van der Waals surface area (Å²) in [6, 6.07) is 15.0. The van der Waals surface area contributed by atoms with Crippen molar-refractivity contribution in [3.05, 3.63) is 101 Å². The zero-order chi connectivity index (χ0) is 17.9. The van der Waals surface area contributed by atoms with E-state index >= 15 is 0 Å². The van der Waals surface area contributed by atoms with Crippen LogP contribution in [0.5, 0.6) is 0 Å². The van der Waals surface area contributed by atoms with Crippen molar-refractivity contribution in [2.45, 2.75) is 12.8 Å². The third kappa shape index (κ3) is 3.33. The van der Waals surface area contributed by atoms with Crippen molar-refractivity contribution in [1.29, 1.82) is 0 Å². The molecular formula is C24H21NS. The molecule has 0 radical (unpaired) electrons. The maximum absolute atomic E-state index is 4.32. The van der Waals surface area contributed by atoms with Crippen molar-refractivity contribution in [1.82, 2.24) is 4.98 Å². The van der Waals surface area contributed by atoms with E-state index < -0.39 is 0 Å². The number of para-hydroxylation sites is 1. The zero-order valence-electron chi connectivity index (χ0n) is 14.7. The Kier molecular flexibility index (Phi) is 4.68. The molecule has 1 nitrogen and oxygen atoms in total. The minimum Gasteiger partial charge on any atom is -0.355 e. The number of fused-ring (bicyclic) bond motifs is 3. The molecule has 4 rings (SSSR count). The number of H-pyrrole nitrogens is 1. The number of hydrogen-bond donors (Lipinski definition) is 1. The Labute approximate surface area is 158 Å². The lowest BCUT2D eigenvalue weighted by Gasteiger charge is -2.11. The number of aromatic amines is 1. The summed E-state index contributed by atoms with van der Waals surface area (Å²) in [4.78, 5) is 5.53. The van der Waals surface area contributed by atoms with Crippen LogP contribution in [0, 0.1) is 0 Å². The number of nitrogens with one attached hydrogen (secondary N) is 1. The van der Waals surface area contributed by atoms with Crippen LogP contribution in [-0.2, 0) is 0 Å². The van der Waals surface area contributed by atoms with Crippen LogP contribution in [0.4, 0.5) is 0 Å². The molecule has 2 heterocycles. The predicted octanol–water partition coefficient (Wildman–Crippen LogP) is 7.37. The van der Waals surface area contributed by atoms with Gasteiger partial charge in [0.1, 0.15) is 0 Å². The highest BCUT2D eigenvalue weighted by Crippen LogP contribution is 2.37.